The fourth-order valence-corrected chi connectivity index (χ4v) is 3.72. The summed E-state index contributed by atoms with van der Waals surface area (Å²) in [6.45, 7) is 0.590. The Morgan fingerprint density at radius 1 is 1.52 bits per heavy atom. The van der Waals surface area contributed by atoms with E-state index in [0.717, 1.165) is 17.7 Å². The van der Waals surface area contributed by atoms with Crippen molar-refractivity contribution in [3.63, 3.8) is 0 Å². The van der Waals surface area contributed by atoms with Crippen LogP contribution in [-0.2, 0) is 4.79 Å². The Balaban J connectivity index is 1.74. The molecule has 0 radical (unpaired) electrons. The molecule has 1 aromatic rings. The zero-order chi connectivity index (χ0) is 15.2. The van der Waals surface area contributed by atoms with Gasteiger partial charge in [-0.15, -0.1) is 0 Å². The first-order valence-corrected chi connectivity index (χ1v) is 8.57. The number of likely N-dealkylation sites (N-methyl/N-ethyl adjacent to an activating group) is 1. The predicted molar refractivity (Wildman–Crippen MR) is 87.8 cm³/mol. The van der Waals surface area contributed by atoms with Gasteiger partial charge < -0.3 is 10.4 Å². The summed E-state index contributed by atoms with van der Waals surface area (Å²) in [6, 6.07) is 7.48. The number of hydrogen-bond acceptors (Lipinski definition) is 4. The largest absolute Gasteiger partial charge is 0.387 e. The summed E-state index contributed by atoms with van der Waals surface area (Å²) < 4.78 is 0. The molecular weight excluding hydrogens is 308 g/mol. The van der Waals surface area contributed by atoms with E-state index in [1.165, 1.54) is 5.75 Å². The molecule has 0 saturated carbocycles. The maximum atomic E-state index is 11.9. The fraction of sp³-hybridized carbons (Fsp3) is 0.533. The number of halogens is 1. The summed E-state index contributed by atoms with van der Waals surface area (Å²) >= 11 is 7.73. The van der Waals surface area contributed by atoms with Gasteiger partial charge in [0.2, 0.25) is 5.91 Å². The molecule has 2 atom stereocenters. The Morgan fingerprint density at radius 3 is 2.86 bits per heavy atom. The number of benzene rings is 1. The van der Waals surface area contributed by atoms with Crippen molar-refractivity contribution in [3.05, 3.63) is 34.9 Å². The summed E-state index contributed by atoms with van der Waals surface area (Å²) in [5.41, 5.74) is 0.750. The van der Waals surface area contributed by atoms with E-state index in [9.17, 15) is 9.90 Å². The first-order valence-electron chi connectivity index (χ1n) is 7.04. The van der Waals surface area contributed by atoms with Crippen LogP contribution >= 0.6 is 23.4 Å². The van der Waals surface area contributed by atoms with Gasteiger partial charge in [-0.25, -0.2) is 0 Å². The topological polar surface area (TPSA) is 52.6 Å². The molecule has 2 N–H and O–H groups in total. The minimum Gasteiger partial charge on any atom is -0.387 e. The second-order valence-electron chi connectivity index (χ2n) is 5.30. The molecule has 0 spiro atoms. The van der Waals surface area contributed by atoms with Crippen LogP contribution in [0.5, 0.6) is 0 Å². The Morgan fingerprint density at radius 2 is 2.24 bits per heavy atom. The highest BCUT2D eigenvalue weighted by Crippen LogP contribution is 2.21. The number of rotatable bonds is 6. The third-order valence-electron chi connectivity index (χ3n) is 3.67. The van der Waals surface area contributed by atoms with E-state index in [2.05, 4.69) is 10.2 Å². The maximum absolute atomic E-state index is 11.9. The van der Waals surface area contributed by atoms with Crippen LogP contribution < -0.4 is 5.32 Å². The first kappa shape index (κ1) is 16.6. The monoisotopic (exact) mass is 328 g/mol. The van der Waals surface area contributed by atoms with Gasteiger partial charge in [0.05, 0.1) is 12.6 Å². The van der Waals surface area contributed by atoms with Crippen LogP contribution in [0.1, 0.15) is 18.1 Å². The molecular formula is C15H21ClN2O2S. The number of amides is 1. The molecule has 1 heterocycles. The third kappa shape index (κ3) is 5.18. The predicted octanol–water partition coefficient (Wildman–Crippen LogP) is 1.93. The number of carbonyl (C=O) groups excluding carboxylic acids is 1. The van der Waals surface area contributed by atoms with E-state index < -0.39 is 6.10 Å². The van der Waals surface area contributed by atoms with Crippen molar-refractivity contribution in [2.75, 3.05) is 31.6 Å². The Kier molecular flexibility index (Phi) is 6.36. The van der Waals surface area contributed by atoms with E-state index in [1.807, 2.05) is 18.8 Å². The molecule has 0 bridgehead atoms. The summed E-state index contributed by atoms with van der Waals surface area (Å²) in [5, 5.41) is 13.4. The summed E-state index contributed by atoms with van der Waals surface area (Å²) in [7, 11) is 1.98. The lowest BCUT2D eigenvalue weighted by molar-refractivity contribution is -0.122. The van der Waals surface area contributed by atoms with Crippen LogP contribution in [0, 0.1) is 0 Å². The van der Waals surface area contributed by atoms with Crippen molar-refractivity contribution in [2.45, 2.75) is 18.6 Å². The van der Waals surface area contributed by atoms with Gasteiger partial charge in [0, 0.05) is 23.4 Å². The van der Waals surface area contributed by atoms with E-state index in [1.54, 1.807) is 24.3 Å². The average molecular weight is 329 g/mol. The Labute approximate surface area is 134 Å². The number of aliphatic hydroxyl groups is 1. The van der Waals surface area contributed by atoms with Gasteiger partial charge >= 0.3 is 0 Å². The Bertz CT molecular complexity index is 463. The smallest absolute Gasteiger partial charge is 0.234 e. The zero-order valence-electron chi connectivity index (χ0n) is 12.1. The normalized spacial score (nSPS) is 19.7. The molecule has 1 fully saturated rings. The second kappa shape index (κ2) is 8.03. The van der Waals surface area contributed by atoms with E-state index in [0.29, 0.717) is 17.6 Å². The molecule has 4 nitrogen and oxygen atoms in total. The third-order valence-corrected chi connectivity index (χ3v) is 5.07. The second-order valence-corrected chi connectivity index (χ2v) is 6.89. The molecule has 116 valence electrons. The number of nitrogens with one attached hydrogen (secondary N) is 1. The molecule has 0 aliphatic carbocycles. The highest BCUT2D eigenvalue weighted by molar-refractivity contribution is 7.99. The van der Waals surface area contributed by atoms with Gasteiger partial charge in [-0.1, -0.05) is 23.7 Å². The number of nitrogens with zero attached hydrogens (tertiary/aromatic N) is 1. The lowest BCUT2D eigenvalue weighted by Gasteiger charge is -2.23. The number of thioether (sulfide) groups is 1. The van der Waals surface area contributed by atoms with Gasteiger partial charge in [0.25, 0.3) is 0 Å². The van der Waals surface area contributed by atoms with Crippen LogP contribution in [-0.4, -0.2) is 53.6 Å². The van der Waals surface area contributed by atoms with Gasteiger partial charge in [-0.3, -0.25) is 9.69 Å². The number of hydrogen-bond donors (Lipinski definition) is 2. The molecule has 2 rings (SSSR count). The lowest BCUT2D eigenvalue weighted by atomic mass is 10.1. The zero-order valence-corrected chi connectivity index (χ0v) is 13.7. The van der Waals surface area contributed by atoms with Crippen LogP contribution in [0.3, 0.4) is 0 Å². The standard InChI is InChI=1S/C15H21ClN2O2S/c1-18(13-6-7-21-10-13)9-15(20)17-8-14(19)11-2-4-12(16)5-3-11/h2-5,13-14,19H,6-10H2,1H3,(H,17,20). The average Bonchev–Trinajstić information content (AvgIpc) is 3.00. The van der Waals surface area contributed by atoms with Gasteiger partial charge in [-0.2, -0.15) is 11.8 Å². The fourth-order valence-electron chi connectivity index (χ4n) is 2.29. The van der Waals surface area contributed by atoms with Crippen LogP contribution in [0.15, 0.2) is 24.3 Å². The highest BCUT2D eigenvalue weighted by atomic mass is 35.5. The van der Waals surface area contributed by atoms with Crippen molar-refractivity contribution in [1.29, 1.82) is 0 Å². The SMILES string of the molecule is CN(CC(=O)NCC(O)c1ccc(Cl)cc1)C1CCSC1. The lowest BCUT2D eigenvalue weighted by Crippen LogP contribution is -2.41. The summed E-state index contributed by atoms with van der Waals surface area (Å²) in [4.78, 5) is 14.0. The molecule has 21 heavy (non-hydrogen) atoms. The maximum Gasteiger partial charge on any atom is 0.234 e. The van der Waals surface area contributed by atoms with Crippen molar-refractivity contribution in [2.24, 2.45) is 0 Å². The van der Waals surface area contributed by atoms with Crippen molar-refractivity contribution in [3.8, 4) is 0 Å². The van der Waals surface area contributed by atoms with Crippen LogP contribution in [0.2, 0.25) is 5.02 Å². The minimum absolute atomic E-state index is 0.0533. The summed E-state index contributed by atoms with van der Waals surface area (Å²) in [5.74, 6) is 2.21. The molecule has 1 aromatic carbocycles. The van der Waals surface area contributed by atoms with Crippen LogP contribution in [0.25, 0.3) is 0 Å². The molecule has 1 aliphatic heterocycles. The van der Waals surface area contributed by atoms with Crippen molar-refractivity contribution in [1.82, 2.24) is 10.2 Å². The van der Waals surface area contributed by atoms with Crippen molar-refractivity contribution < 1.29 is 9.90 Å². The van der Waals surface area contributed by atoms with Crippen LogP contribution in [0.4, 0.5) is 0 Å². The molecule has 6 heteroatoms. The molecule has 1 amide bonds. The molecule has 1 aliphatic rings. The van der Waals surface area contributed by atoms with E-state index in [-0.39, 0.29) is 12.5 Å². The Hall–Kier alpha value is -0.750. The highest BCUT2D eigenvalue weighted by Gasteiger charge is 2.21. The number of aliphatic hydroxyl groups excluding tert-OH is 1. The molecule has 2 unspecified atom stereocenters. The van der Waals surface area contributed by atoms with E-state index >= 15 is 0 Å². The van der Waals surface area contributed by atoms with Gasteiger partial charge in [0.15, 0.2) is 0 Å². The molecule has 0 aromatic heterocycles. The van der Waals surface area contributed by atoms with Gasteiger partial charge in [0.1, 0.15) is 0 Å². The molecule has 1 saturated heterocycles. The first-order chi connectivity index (χ1) is 10.1. The summed E-state index contributed by atoms with van der Waals surface area (Å²) in [6.07, 6.45) is 0.431. The van der Waals surface area contributed by atoms with Crippen molar-refractivity contribution >= 4 is 29.3 Å². The van der Waals surface area contributed by atoms with E-state index in [4.69, 9.17) is 11.6 Å². The number of carbonyl (C=O) groups is 1. The quantitative estimate of drug-likeness (QED) is 0.838. The minimum atomic E-state index is -0.710. The van der Waals surface area contributed by atoms with Gasteiger partial charge in [-0.05, 0) is 36.9 Å².